The number of nitrogens with zero attached hydrogens (tertiary/aromatic N) is 1. The van der Waals surface area contributed by atoms with E-state index in [2.05, 4.69) is 19.5 Å². The summed E-state index contributed by atoms with van der Waals surface area (Å²) in [4.78, 5) is 2.26. The van der Waals surface area contributed by atoms with Crippen LogP contribution in [0.25, 0.3) is 0 Å². The molecule has 2 aromatic rings. The SMILES string of the molecule is OCCOc1ccc(N2CCNCC2)c(Cl)c1.Pc1ccccc1. The Morgan fingerprint density at radius 2 is 1.83 bits per heavy atom. The van der Waals surface area contributed by atoms with Crippen molar-refractivity contribution in [2.45, 2.75) is 0 Å². The van der Waals surface area contributed by atoms with Crippen LogP contribution < -0.4 is 20.3 Å². The van der Waals surface area contributed by atoms with E-state index in [-0.39, 0.29) is 6.61 Å². The molecule has 3 rings (SSSR count). The van der Waals surface area contributed by atoms with Crippen LogP contribution in [0.5, 0.6) is 5.75 Å². The van der Waals surface area contributed by atoms with Crippen molar-refractivity contribution in [3.63, 3.8) is 0 Å². The third-order valence-electron chi connectivity index (χ3n) is 3.54. The van der Waals surface area contributed by atoms with Gasteiger partial charge in [0, 0.05) is 32.2 Å². The Morgan fingerprint density at radius 3 is 2.38 bits per heavy atom. The van der Waals surface area contributed by atoms with Gasteiger partial charge in [0.2, 0.25) is 0 Å². The van der Waals surface area contributed by atoms with E-state index < -0.39 is 0 Å². The van der Waals surface area contributed by atoms with Gasteiger partial charge in [0.25, 0.3) is 0 Å². The van der Waals surface area contributed by atoms with Crippen molar-refractivity contribution >= 4 is 31.8 Å². The Morgan fingerprint density at radius 1 is 1.12 bits per heavy atom. The van der Waals surface area contributed by atoms with Gasteiger partial charge in [-0.3, -0.25) is 0 Å². The zero-order valence-corrected chi connectivity index (χ0v) is 15.5. The minimum Gasteiger partial charge on any atom is -0.491 e. The molecule has 1 aliphatic rings. The van der Waals surface area contributed by atoms with Crippen molar-refractivity contribution in [2.24, 2.45) is 0 Å². The summed E-state index contributed by atoms with van der Waals surface area (Å²) in [5, 5.41) is 13.9. The molecule has 1 unspecified atom stereocenters. The number of rotatable bonds is 4. The Kier molecular flexibility index (Phi) is 8.34. The molecule has 24 heavy (non-hydrogen) atoms. The van der Waals surface area contributed by atoms with E-state index in [4.69, 9.17) is 21.4 Å². The van der Waals surface area contributed by atoms with Crippen molar-refractivity contribution < 1.29 is 9.84 Å². The lowest BCUT2D eigenvalue weighted by Gasteiger charge is -2.30. The molecule has 1 heterocycles. The quantitative estimate of drug-likeness (QED) is 0.815. The van der Waals surface area contributed by atoms with E-state index in [0.717, 1.165) is 31.9 Å². The van der Waals surface area contributed by atoms with Gasteiger partial charge in [0.1, 0.15) is 12.4 Å². The molecule has 0 bridgehead atoms. The lowest BCUT2D eigenvalue weighted by atomic mass is 10.2. The minimum atomic E-state index is 0.0111. The molecule has 1 fully saturated rings. The van der Waals surface area contributed by atoms with Crippen molar-refractivity contribution in [3.8, 4) is 5.75 Å². The van der Waals surface area contributed by atoms with Crippen LogP contribution in [-0.4, -0.2) is 44.5 Å². The van der Waals surface area contributed by atoms with Gasteiger partial charge in [-0.05, 0) is 17.4 Å². The summed E-state index contributed by atoms with van der Waals surface area (Å²) >= 11 is 6.24. The number of ether oxygens (including phenoxy) is 1. The van der Waals surface area contributed by atoms with E-state index in [0.29, 0.717) is 17.4 Å². The smallest absolute Gasteiger partial charge is 0.121 e. The Labute approximate surface area is 151 Å². The van der Waals surface area contributed by atoms with Gasteiger partial charge in [-0.25, -0.2) is 0 Å². The number of hydrogen-bond acceptors (Lipinski definition) is 4. The maximum absolute atomic E-state index is 8.68. The maximum Gasteiger partial charge on any atom is 0.121 e. The number of halogens is 1. The largest absolute Gasteiger partial charge is 0.491 e. The Hall–Kier alpha value is -1.32. The maximum atomic E-state index is 8.68. The average molecular weight is 367 g/mol. The first-order valence-electron chi connectivity index (χ1n) is 8.00. The van der Waals surface area contributed by atoms with Crippen LogP contribution >= 0.6 is 20.8 Å². The number of hydrogen-bond donors (Lipinski definition) is 2. The highest BCUT2D eigenvalue weighted by Crippen LogP contribution is 2.30. The Balaban J connectivity index is 0.000000249. The molecule has 6 heteroatoms. The normalized spacial score (nSPS) is 13.9. The molecule has 0 radical (unpaired) electrons. The first-order valence-corrected chi connectivity index (χ1v) is 8.95. The monoisotopic (exact) mass is 366 g/mol. The average Bonchev–Trinajstić information content (AvgIpc) is 2.62. The predicted molar refractivity (Wildman–Crippen MR) is 105 cm³/mol. The third kappa shape index (κ3) is 6.29. The van der Waals surface area contributed by atoms with E-state index in [1.807, 2.05) is 42.5 Å². The van der Waals surface area contributed by atoms with Gasteiger partial charge < -0.3 is 20.1 Å². The van der Waals surface area contributed by atoms with Crippen LogP contribution in [0.3, 0.4) is 0 Å². The summed E-state index contributed by atoms with van der Waals surface area (Å²) in [5.74, 6) is 0.697. The number of nitrogens with one attached hydrogen (secondary N) is 1. The molecule has 0 aliphatic carbocycles. The highest BCUT2D eigenvalue weighted by atomic mass is 35.5. The first-order chi connectivity index (χ1) is 11.7. The number of anilines is 1. The number of aliphatic hydroxyl groups excluding tert-OH is 1. The Bertz CT molecular complexity index is 607. The molecule has 1 saturated heterocycles. The standard InChI is InChI=1S/C12H17ClN2O2.C6H7P/c13-11-9-10(17-8-7-16)1-2-12(11)15-5-3-14-4-6-15;7-6-4-2-1-3-5-6/h1-2,9,14,16H,3-8H2;1-5H,7H2. The van der Waals surface area contributed by atoms with E-state index in [9.17, 15) is 0 Å². The lowest BCUT2D eigenvalue weighted by Crippen LogP contribution is -2.43. The predicted octanol–water partition coefficient (Wildman–Crippen LogP) is 2.31. The zero-order valence-electron chi connectivity index (χ0n) is 13.6. The molecule has 0 spiro atoms. The second-order valence-corrected chi connectivity index (χ2v) is 6.41. The van der Waals surface area contributed by atoms with Crippen LogP contribution in [0.15, 0.2) is 48.5 Å². The molecule has 2 N–H and O–H groups in total. The van der Waals surface area contributed by atoms with Gasteiger partial charge in [-0.2, -0.15) is 0 Å². The molecule has 0 amide bonds. The highest BCUT2D eigenvalue weighted by molar-refractivity contribution is 7.27. The minimum absolute atomic E-state index is 0.0111. The summed E-state index contributed by atoms with van der Waals surface area (Å²) in [6, 6.07) is 15.8. The van der Waals surface area contributed by atoms with Crippen LogP contribution in [0, 0.1) is 0 Å². The molecule has 130 valence electrons. The van der Waals surface area contributed by atoms with Gasteiger partial charge in [0.15, 0.2) is 0 Å². The van der Waals surface area contributed by atoms with Crippen molar-refractivity contribution in [1.29, 1.82) is 0 Å². The zero-order chi connectivity index (χ0) is 17.2. The van der Waals surface area contributed by atoms with Crippen molar-refractivity contribution in [1.82, 2.24) is 5.32 Å². The highest BCUT2D eigenvalue weighted by Gasteiger charge is 2.13. The van der Waals surface area contributed by atoms with Crippen LogP contribution in [-0.2, 0) is 0 Å². The fraction of sp³-hybridized carbons (Fsp3) is 0.333. The van der Waals surface area contributed by atoms with Gasteiger partial charge >= 0.3 is 0 Å². The topological polar surface area (TPSA) is 44.7 Å². The fourth-order valence-corrected chi connectivity index (χ4v) is 2.87. The first kappa shape index (κ1) is 19.0. The summed E-state index contributed by atoms with van der Waals surface area (Å²) in [6.45, 7) is 4.21. The van der Waals surface area contributed by atoms with Crippen molar-refractivity contribution in [2.75, 3.05) is 44.3 Å². The molecule has 0 saturated carbocycles. The second-order valence-electron chi connectivity index (χ2n) is 5.33. The van der Waals surface area contributed by atoms with E-state index in [1.54, 1.807) is 6.07 Å². The molecular weight excluding hydrogens is 343 g/mol. The summed E-state index contributed by atoms with van der Waals surface area (Å²) in [5.41, 5.74) is 1.05. The van der Waals surface area contributed by atoms with Crippen molar-refractivity contribution in [3.05, 3.63) is 53.6 Å². The number of aliphatic hydroxyl groups is 1. The van der Waals surface area contributed by atoms with Crippen LogP contribution in [0.2, 0.25) is 5.02 Å². The van der Waals surface area contributed by atoms with Crippen LogP contribution in [0.1, 0.15) is 0 Å². The molecule has 0 aromatic heterocycles. The summed E-state index contributed by atoms with van der Waals surface area (Å²) in [6.07, 6.45) is 0. The van der Waals surface area contributed by atoms with E-state index >= 15 is 0 Å². The number of benzene rings is 2. The fourth-order valence-electron chi connectivity index (χ4n) is 2.36. The summed E-state index contributed by atoms with van der Waals surface area (Å²) < 4.78 is 5.31. The van der Waals surface area contributed by atoms with Gasteiger partial charge in [0.05, 0.1) is 17.3 Å². The molecule has 4 nitrogen and oxygen atoms in total. The number of piperazine rings is 1. The summed E-state index contributed by atoms with van der Waals surface area (Å²) in [7, 11) is 2.63. The van der Waals surface area contributed by atoms with E-state index in [1.165, 1.54) is 5.30 Å². The molecule has 1 atom stereocenters. The lowest BCUT2D eigenvalue weighted by molar-refractivity contribution is 0.201. The van der Waals surface area contributed by atoms with Gasteiger partial charge in [-0.1, -0.05) is 41.9 Å². The van der Waals surface area contributed by atoms with Gasteiger partial charge in [-0.15, -0.1) is 9.24 Å². The van der Waals surface area contributed by atoms with Crippen LogP contribution in [0.4, 0.5) is 5.69 Å². The second kappa shape index (κ2) is 10.5. The molecule has 2 aromatic carbocycles. The molecular formula is C18H24ClN2O2P. The third-order valence-corrected chi connectivity index (χ3v) is 4.22. The molecule has 1 aliphatic heterocycles.